The van der Waals surface area contributed by atoms with Gasteiger partial charge < -0.3 is 0 Å². The van der Waals surface area contributed by atoms with Crippen LogP contribution in [0.15, 0.2) is 27.2 Å². The standard InChI is InChI=1S/C12H14BrN3OS/c1-12(2,3)9-6-18-10(15-9)5-16-7-14-4-8(13)11(16)17/h4,6-7H,5H2,1-3H3. The maximum absolute atomic E-state index is 11.8. The molecule has 0 aliphatic heterocycles. The topological polar surface area (TPSA) is 47.8 Å². The highest BCUT2D eigenvalue weighted by Gasteiger charge is 2.17. The number of thiazole rings is 1. The minimum Gasteiger partial charge on any atom is -0.291 e. The average Bonchev–Trinajstić information content (AvgIpc) is 2.73. The van der Waals surface area contributed by atoms with Gasteiger partial charge in [-0.15, -0.1) is 11.3 Å². The van der Waals surface area contributed by atoms with Gasteiger partial charge in [0.05, 0.1) is 18.6 Å². The van der Waals surface area contributed by atoms with E-state index in [9.17, 15) is 4.79 Å². The predicted octanol–water partition coefficient (Wildman–Crippen LogP) is 2.81. The van der Waals surface area contributed by atoms with Gasteiger partial charge in [0.1, 0.15) is 9.48 Å². The number of hydrogen-bond donors (Lipinski definition) is 0. The van der Waals surface area contributed by atoms with Crippen molar-refractivity contribution in [1.82, 2.24) is 14.5 Å². The molecular formula is C12H14BrN3OS. The molecule has 18 heavy (non-hydrogen) atoms. The molecule has 6 heteroatoms. The zero-order valence-corrected chi connectivity index (χ0v) is 12.9. The lowest BCUT2D eigenvalue weighted by atomic mass is 9.93. The molecule has 0 amide bonds. The Balaban J connectivity index is 2.27. The van der Waals surface area contributed by atoms with Gasteiger partial charge in [-0.3, -0.25) is 9.36 Å². The summed E-state index contributed by atoms with van der Waals surface area (Å²) in [7, 11) is 0. The van der Waals surface area contributed by atoms with E-state index in [1.54, 1.807) is 15.9 Å². The Morgan fingerprint density at radius 3 is 2.78 bits per heavy atom. The van der Waals surface area contributed by atoms with Gasteiger partial charge in [0.2, 0.25) is 0 Å². The highest BCUT2D eigenvalue weighted by molar-refractivity contribution is 9.10. The zero-order chi connectivity index (χ0) is 13.3. The van der Waals surface area contributed by atoms with E-state index < -0.39 is 0 Å². The lowest BCUT2D eigenvalue weighted by Crippen LogP contribution is -2.21. The fourth-order valence-corrected chi connectivity index (χ4v) is 2.78. The third kappa shape index (κ3) is 2.87. The van der Waals surface area contributed by atoms with Crippen LogP contribution < -0.4 is 5.56 Å². The lowest BCUT2D eigenvalue weighted by Gasteiger charge is -2.14. The van der Waals surface area contributed by atoms with Crippen molar-refractivity contribution in [3.8, 4) is 0 Å². The molecular weight excluding hydrogens is 314 g/mol. The summed E-state index contributed by atoms with van der Waals surface area (Å²) in [6.07, 6.45) is 3.03. The monoisotopic (exact) mass is 327 g/mol. The van der Waals surface area contributed by atoms with Crippen LogP contribution in [-0.2, 0) is 12.0 Å². The van der Waals surface area contributed by atoms with Crippen LogP contribution in [0.3, 0.4) is 0 Å². The molecule has 2 aromatic rings. The maximum Gasteiger partial charge on any atom is 0.267 e. The van der Waals surface area contributed by atoms with Crippen molar-refractivity contribution in [1.29, 1.82) is 0 Å². The molecule has 2 aromatic heterocycles. The molecule has 2 heterocycles. The molecule has 0 fully saturated rings. The molecule has 0 atom stereocenters. The second-order valence-corrected chi connectivity index (χ2v) is 6.85. The van der Waals surface area contributed by atoms with Crippen LogP contribution in [-0.4, -0.2) is 14.5 Å². The second-order valence-electron chi connectivity index (χ2n) is 5.05. The predicted molar refractivity (Wildman–Crippen MR) is 76.1 cm³/mol. The van der Waals surface area contributed by atoms with Crippen LogP contribution in [0.1, 0.15) is 31.5 Å². The van der Waals surface area contributed by atoms with E-state index >= 15 is 0 Å². The summed E-state index contributed by atoms with van der Waals surface area (Å²) in [6.45, 7) is 6.84. The van der Waals surface area contributed by atoms with E-state index in [4.69, 9.17) is 0 Å². The normalized spacial score (nSPS) is 11.8. The van der Waals surface area contributed by atoms with Crippen molar-refractivity contribution in [2.75, 3.05) is 0 Å². The Bertz CT molecular complexity index is 612. The Labute approximate surface area is 118 Å². The van der Waals surface area contributed by atoms with Gasteiger partial charge in [0.25, 0.3) is 5.56 Å². The molecule has 0 unspecified atom stereocenters. The van der Waals surface area contributed by atoms with Crippen LogP contribution in [0, 0.1) is 0 Å². The van der Waals surface area contributed by atoms with Crippen LogP contribution in [0.5, 0.6) is 0 Å². The molecule has 0 saturated heterocycles. The van der Waals surface area contributed by atoms with E-state index in [0.29, 0.717) is 11.0 Å². The molecule has 0 N–H and O–H groups in total. The first-order valence-electron chi connectivity index (χ1n) is 5.53. The number of nitrogens with zero attached hydrogens (tertiary/aromatic N) is 3. The van der Waals surface area contributed by atoms with E-state index in [2.05, 4.69) is 46.7 Å². The summed E-state index contributed by atoms with van der Waals surface area (Å²) in [5.41, 5.74) is 1.01. The number of hydrogen-bond acceptors (Lipinski definition) is 4. The summed E-state index contributed by atoms with van der Waals surface area (Å²) in [5.74, 6) is 0. The van der Waals surface area contributed by atoms with Gasteiger partial charge in [0.15, 0.2) is 0 Å². The quantitative estimate of drug-likeness (QED) is 0.852. The minimum absolute atomic E-state index is 0.0369. The smallest absolute Gasteiger partial charge is 0.267 e. The SMILES string of the molecule is CC(C)(C)c1csc(Cn2cncc(Br)c2=O)n1. The summed E-state index contributed by atoms with van der Waals surface area (Å²) < 4.78 is 2.02. The van der Waals surface area contributed by atoms with Crippen LogP contribution >= 0.6 is 27.3 Å². The third-order valence-corrected chi connectivity index (χ3v) is 3.86. The number of halogens is 1. The van der Waals surface area contributed by atoms with Gasteiger partial charge in [-0.05, 0) is 15.9 Å². The van der Waals surface area contributed by atoms with E-state index in [1.165, 1.54) is 12.5 Å². The van der Waals surface area contributed by atoms with Crippen molar-refractivity contribution in [2.45, 2.75) is 32.7 Å². The summed E-state index contributed by atoms with van der Waals surface area (Å²) in [4.78, 5) is 20.4. The van der Waals surface area contributed by atoms with Crippen LogP contribution in [0.2, 0.25) is 0 Å². The first-order valence-corrected chi connectivity index (χ1v) is 7.20. The summed E-state index contributed by atoms with van der Waals surface area (Å²) >= 11 is 4.76. The van der Waals surface area contributed by atoms with E-state index in [1.807, 2.05) is 5.38 Å². The van der Waals surface area contributed by atoms with Crippen molar-refractivity contribution in [3.05, 3.63) is 43.4 Å². The number of rotatable bonds is 2. The minimum atomic E-state index is -0.0856. The molecule has 0 bridgehead atoms. The Morgan fingerprint density at radius 2 is 2.17 bits per heavy atom. The molecule has 0 saturated carbocycles. The molecule has 0 aliphatic carbocycles. The molecule has 0 spiro atoms. The lowest BCUT2D eigenvalue weighted by molar-refractivity contribution is 0.569. The largest absolute Gasteiger partial charge is 0.291 e. The molecule has 0 aliphatic rings. The van der Waals surface area contributed by atoms with Gasteiger partial charge in [-0.2, -0.15) is 0 Å². The summed E-state index contributed by atoms with van der Waals surface area (Å²) in [5, 5.41) is 2.97. The molecule has 2 rings (SSSR count). The fourth-order valence-electron chi connectivity index (χ4n) is 1.41. The fraction of sp³-hybridized carbons (Fsp3) is 0.417. The first kappa shape index (κ1) is 13.4. The highest BCUT2D eigenvalue weighted by Crippen LogP contribution is 2.24. The average molecular weight is 328 g/mol. The van der Waals surface area contributed by atoms with Crippen LogP contribution in [0.25, 0.3) is 0 Å². The van der Waals surface area contributed by atoms with Gasteiger partial charge >= 0.3 is 0 Å². The second kappa shape index (κ2) is 4.93. The first-order chi connectivity index (χ1) is 8.38. The highest BCUT2D eigenvalue weighted by atomic mass is 79.9. The molecule has 0 aromatic carbocycles. The Morgan fingerprint density at radius 1 is 1.44 bits per heavy atom. The number of aromatic nitrogens is 3. The van der Waals surface area contributed by atoms with Gasteiger partial charge in [-0.25, -0.2) is 9.97 Å². The van der Waals surface area contributed by atoms with Crippen molar-refractivity contribution < 1.29 is 0 Å². The van der Waals surface area contributed by atoms with E-state index in [0.717, 1.165) is 10.7 Å². The van der Waals surface area contributed by atoms with E-state index in [-0.39, 0.29) is 11.0 Å². The van der Waals surface area contributed by atoms with Gasteiger partial charge in [0, 0.05) is 17.0 Å². The molecule has 0 radical (unpaired) electrons. The van der Waals surface area contributed by atoms with Crippen LogP contribution in [0.4, 0.5) is 0 Å². The maximum atomic E-state index is 11.8. The van der Waals surface area contributed by atoms with Gasteiger partial charge in [-0.1, -0.05) is 20.8 Å². The molecule has 4 nitrogen and oxygen atoms in total. The molecule has 96 valence electrons. The zero-order valence-electron chi connectivity index (χ0n) is 10.5. The third-order valence-electron chi connectivity index (χ3n) is 2.48. The van der Waals surface area contributed by atoms with Crippen molar-refractivity contribution >= 4 is 27.3 Å². The van der Waals surface area contributed by atoms with Crippen molar-refractivity contribution in [2.24, 2.45) is 0 Å². The Hall–Kier alpha value is -1.01. The Kier molecular flexibility index (Phi) is 3.68. The summed E-state index contributed by atoms with van der Waals surface area (Å²) in [6, 6.07) is 0. The van der Waals surface area contributed by atoms with Crippen molar-refractivity contribution in [3.63, 3.8) is 0 Å².